The van der Waals surface area contributed by atoms with E-state index >= 15 is 0 Å². The SMILES string of the molecule is Cc1ccc(NC(=O)CSCc2ccccc2)cc1N. The second kappa shape index (κ2) is 7.01. The summed E-state index contributed by atoms with van der Waals surface area (Å²) >= 11 is 1.60. The minimum Gasteiger partial charge on any atom is -0.398 e. The lowest BCUT2D eigenvalue weighted by molar-refractivity contribution is -0.113. The molecule has 0 atom stereocenters. The maximum atomic E-state index is 11.8. The number of thioether (sulfide) groups is 1. The van der Waals surface area contributed by atoms with E-state index in [-0.39, 0.29) is 5.91 Å². The van der Waals surface area contributed by atoms with Crippen LogP contribution in [-0.4, -0.2) is 11.7 Å². The number of carbonyl (C=O) groups is 1. The van der Waals surface area contributed by atoms with Crippen molar-refractivity contribution in [3.63, 3.8) is 0 Å². The first-order valence-electron chi connectivity index (χ1n) is 6.43. The molecule has 104 valence electrons. The van der Waals surface area contributed by atoms with E-state index < -0.39 is 0 Å². The van der Waals surface area contributed by atoms with Crippen LogP contribution in [0.15, 0.2) is 48.5 Å². The monoisotopic (exact) mass is 286 g/mol. The molecule has 3 N–H and O–H groups in total. The second-order valence-electron chi connectivity index (χ2n) is 4.60. The Kier molecular flexibility index (Phi) is 5.07. The summed E-state index contributed by atoms with van der Waals surface area (Å²) in [5.41, 5.74) is 9.50. The lowest BCUT2D eigenvalue weighted by atomic mass is 10.2. The Morgan fingerprint density at radius 2 is 1.95 bits per heavy atom. The zero-order valence-corrected chi connectivity index (χ0v) is 12.2. The summed E-state index contributed by atoms with van der Waals surface area (Å²) in [6.45, 7) is 1.94. The van der Waals surface area contributed by atoms with Crippen LogP contribution in [0.2, 0.25) is 0 Å². The molecule has 0 aromatic heterocycles. The average Bonchev–Trinajstić information content (AvgIpc) is 2.44. The number of rotatable bonds is 5. The first-order valence-corrected chi connectivity index (χ1v) is 7.58. The second-order valence-corrected chi connectivity index (χ2v) is 5.58. The van der Waals surface area contributed by atoms with Gasteiger partial charge in [-0.3, -0.25) is 4.79 Å². The van der Waals surface area contributed by atoms with Gasteiger partial charge in [-0.15, -0.1) is 11.8 Å². The van der Waals surface area contributed by atoms with Crippen LogP contribution in [0.1, 0.15) is 11.1 Å². The van der Waals surface area contributed by atoms with E-state index in [4.69, 9.17) is 5.73 Å². The highest BCUT2D eigenvalue weighted by atomic mass is 32.2. The number of nitrogens with two attached hydrogens (primary N) is 1. The summed E-state index contributed by atoms with van der Waals surface area (Å²) in [7, 11) is 0. The molecule has 4 heteroatoms. The van der Waals surface area contributed by atoms with E-state index in [1.54, 1.807) is 17.8 Å². The molecule has 0 saturated heterocycles. The molecule has 0 spiro atoms. The zero-order chi connectivity index (χ0) is 14.4. The highest BCUT2D eigenvalue weighted by molar-refractivity contribution is 7.99. The van der Waals surface area contributed by atoms with Crippen LogP contribution in [0.25, 0.3) is 0 Å². The van der Waals surface area contributed by atoms with Gasteiger partial charge in [0.2, 0.25) is 5.91 Å². The first kappa shape index (κ1) is 14.5. The van der Waals surface area contributed by atoms with Crippen molar-refractivity contribution in [3.05, 3.63) is 59.7 Å². The number of hydrogen-bond donors (Lipinski definition) is 2. The van der Waals surface area contributed by atoms with Gasteiger partial charge in [-0.05, 0) is 30.2 Å². The fourth-order valence-electron chi connectivity index (χ4n) is 1.75. The van der Waals surface area contributed by atoms with Crippen LogP contribution in [-0.2, 0) is 10.5 Å². The molecule has 2 aromatic rings. The molecule has 2 rings (SSSR count). The van der Waals surface area contributed by atoms with Crippen LogP contribution < -0.4 is 11.1 Å². The fraction of sp³-hybridized carbons (Fsp3) is 0.188. The molecule has 0 radical (unpaired) electrons. The molecule has 0 bridgehead atoms. The Hall–Kier alpha value is -1.94. The topological polar surface area (TPSA) is 55.1 Å². The van der Waals surface area contributed by atoms with Gasteiger partial charge < -0.3 is 11.1 Å². The van der Waals surface area contributed by atoms with Gasteiger partial charge in [0.1, 0.15) is 0 Å². The van der Waals surface area contributed by atoms with E-state index in [2.05, 4.69) is 17.4 Å². The van der Waals surface area contributed by atoms with Gasteiger partial charge >= 0.3 is 0 Å². The smallest absolute Gasteiger partial charge is 0.234 e. The van der Waals surface area contributed by atoms with Gasteiger partial charge in [-0.2, -0.15) is 0 Å². The fourth-order valence-corrected chi connectivity index (χ4v) is 2.54. The van der Waals surface area contributed by atoms with Crippen molar-refractivity contribution in [1.82, 2.24) is 0 Å². The van der Waals surface area contributed by atoms with Crippen LogP contribution >= 0.6 is 11.8 Å². The number of nitrogen functional groups attached to an aromatic ring is 1. The van der Waals surface area contributed by atoms with Gasteiger partial charge in [0, 0.05) is 17.1 Å². The molecule has 3 nitrogen and oxygen atoms in total. The molecule has 0 aliphatic heterocycles. The van der Waals surface area contributed by atoms with Gasteiger partial charge in [-0.25, -0.2) is 0 Å². The minimum absolute atomic E-state index is 0.00539. The largest absolute Gasteiger partial charge is 0.398 e. The molecule has 0 aliphatic rings. The molecular formula is C16H18N2OS. The van der Waals surface area contributed by atoms with Crippen molar-refractivity contribution in [3.8, 4) is 0 Å². The van der Waals surface area contributed by atoms with Crippen molar-refractivity contribution in [2.24, 2.45) is 0 Å². The van der Waals surface area contributed by atoms with Crippen LogP contribution in [0, 0.1) is 6.92 Å². The molecule has 1 amide bonds. The molecule has 0 fully saturated rings. The lowest BCUT2D eigenvalue weighted by Gasteiger charge is -2.07. The summed E-state index contributed by atoms with van der Waals surface area (Å²) < 4.78 is 0. The van der Waals surface area contributed by atoms with Crippen LogP contribution in [0.4, 0.5) is 11.4 Å². The van der Waals surface area contributed by atoms with Gasteiger partial charge in [0.15, 0.2) is 0 Å². The summed E-state index contributed by atoms with van der Waals surface area (Å²) in [5.74, 6) is 1.27. The Morgan fingerprint density at radius 3 is 2.65 bits per heavy atom. The van der Waals surface area contributed by atoms with E-state index in [1.165, 1.54) is 5.56 Å². The third-order valence-corrected chi connectivity index (χ3v) is 3.91. The normalized spacial score (nSPS) is 10.2. The Morgan fingerprint density at radius 1 is 1.20 bits per heavy atom. The van der Waals surface area contributed by atoms with E-state index in [9.17, 15) is 4.79 Å². The number of benzene rings is 2. The van der Waals surface area contributed by atoms with Crippen molar-refractivity contribution >= 4 is 29.0 Å². The predicted octanol–water partition coefficient (Wildman–Crippen LogP) is 3.45. The summed E-state index contributed by atoms with van der Waals surface area (Å²) in [4.78, 5) is 11.8. The lowest BCUT2D eigenvalue weighted by Crippen LogP contribution is -2.14. The van der Waals surface area contributed by atoms with Gasteiger partial charge in [0.05, 0.1) is 5.75 Å². The molecule has 2 aromatic carbocycles. The standard InChI is InChI=1S/C16H18N2OS/c1-12-7-8-14(9-15(12)17)18-16(19)11-20-10-13-5-3-2-4-6-13/h2-9H,10-11,17H2,1H3,(H,18,19). The van der Waals surface area contributed by atoms with E-state index in [0.717, 1.165) is 17.0 Å². The van der Waals surface area contributed by atoms with Crippen molar-refractivity contribution in [2.45, 2.75) is 12.7 Å². The van der Waals surface area contributed by atoms with Gasteiger partial charge in [-0.1, -0.05) is 36.4 Å². The maximum absolute atomic E-state index is 11.8. The molecule has 0 heterocycles. The van der Waals surface area contributed by atoms with Crippen molar-refractivity contribution in [1.29, 1.82) is 0 Å². The quantitative estimate of drug-likeness (QED) is 0.828. The number of carbonyl (C=O) groups excluding carboxylic acids is 1. The number of hydrogen-bond acceptors (Lipinski definition) is 3. The molecule has 0 unspecified atom stereocenters. The van der Waals surface area contributed by atoms with Crippen LogP contribution in [0.5, 0.6) is 0 Å². The molecule has 20 heavy (non-hydrogen) atoms. The Balaban J connectivity index is 1.79. The maximum Gasteiger partial charge on any atom is 0.234 e. The third-order valence-electron chi connectivity index (χ3n) is 2.91. The minimum atomic E-state index is -0.00539. The predicted molar refractivity (Wildman–Crippen MR) is 86.8 cm³/mol. The van der Waals surface area contributed by atoms with Gasteiger partial charge in [0.25, 0.3) is 0 Å². The summed E-state index contributed by atoms with van der Waals surface area (Å²) in [5, 5.41) is 2.86. The Labute approximate surface area is 123 Å². The van der Waals surface area contributed by atoms with Crippen molar-refractivity contribution < 1.29 is 4.79 Å². The average molecular weight is 286 g/mol. The Bertz CT molecular complexity index is 584. The van der Waals surface area contributed by atoms with E-state index in [0.29, 0.717) is 11.4 Å². The third kappa shape index (κ3) is 4.31. The number of nitrogens with one attached hydrogen (secondary N) is 1. The molecule has 0 aliphatic carbocycles. The summed E-state index contributed by atoms with van der Waals surface area (Å²) in [6, 6.07) is 15.7. The molecule has 0 saturated carbocycles. The highest BCUT2D eigenvalue weighted by Crippen LogP contribution is 2.17. The highest BCUT2D eigenvalue weighted by Gasteiger charge is 2.04. The van der Waals surface area contributed by atoms with Crippen LogP contribution in [0.3, 0.4) is 0 Å². The van der Waals surface area contributed by atoms with E-state index in [1.807, 2.05) is 37.3 Å². The summed E-state index contributed by atoms with van der Waals surface area (Å²) in [6.07, 6.45) is 0. The molecular weight excluding hydrogens is 268 g/mol. The number of amides is 1. The number of anilines is 2. The first-order chi connectivity index (χ1) is 9.65. The number of aryl methyl sites for hydroxylation is 1. The van der Waals surface area contributed by atoms with Crippen molar-refractivity contribution in [2.75, 3.05) is 16.8 Å². The zero-order valence-electron chi connectivity index (χ0n) is 11.4.